The molecule has 0 aromatic heterocycles. The van der Waals surface area contributed by atoms with Crippen molar-refractivity contribution in [2.45, 2.75) is 117 Å². The third-order valence-electron chi connectivity index (χ3n) is 4.47. The summed E-state index contributed by atoms with van der Waals surface area (Å²) in [6, 6.07) is 0. The van der Waals surface area contributed by atoms with Gasteiger partial charge in [0.05, 0.1) is 0 Å². The van der Waals surface area contributed by atoms with E-state index in [0.29, 0.717) is 12.3 Å². The number of hydrogen-bond acceptors (Lipinski definition) is 4. The first-order valence-electron chi connectivity index (χ1n) is 10.9. The predicted octanol–water partition coefficient (Wildman–Crippen LogP) is 5.92. The van der Waals surface area contributed by atoms with Crippen molar-refractivity contribution in [1.82, 2.24) is 0 Å². The molecule has 0 fully saturated rings. The van der Waals surface area contributed by atoms with Crippen LogP contribution in [0.15, 0.2) is 0 Å². The molecule has 0 aliphatic heterocycles. The van der Waals surface area contributed by atoms with E-state index >= 15 is 0 Å². The fourth-order valence-corrected chi connectivity index (χ4v) is 3.88. The fourth-order valence-electron chi connectivity index (χ4n) is 2.81. The van der Waals surface area contributed by atoms with Crippen molar-refractivity contribution in [3.05, 3.63) is 0 Å². The Bertz CT molecular complexity index is 288. The van der Waals surface area contributed by atoms with Crippen LogP contribution >= 0.6 is 16.1 Å². The Labute approximate surface area is 180 Å². The van der Waals surface area contributed by atoms with Gasteiger partial charge in [-0.3, -0.25) is 0 Å². The van der Waals surface area contributed by atoms with Crippen LogP contribution in [0.5, 0.6) is 0 Å². The molecule has 0 aromatic rings. The molecule has 7 heteroatoms. The first-order chi connectivity index (χ1) is 12.5. The maximum absolute atomic E-state index is 10.2. The van der Waals surface area contributed by atoms with Gasteiger partial charge in [-0.05, 0) is 25.2 Å². The van der Waals surface area contributed by atoms with Crippen LogP contribution in [0.3, 0.4) is 0 Å². The molecule has 0 heterocycles. The maximum atomic E-state index is 10.2. The molecule has 27 heavy (non-hydrogen) atoms. The van der Waals surface area contributed by atoms with E-state index < -0.39 is 16.1 Å². The van der Waals surface area contributed by atoms with Crippen molar-refractivity contribution in [3.8, 4) is 0 Å². The second-order valence-corrected chi connectivity index (χ2v) is 9.68. The second kappa shape index (κ2) is 29.1. The normalized spacial score (nSPS) is 12.6. The van der Waals surface area contributed by atoms with Crippen LogP contribution < -0.4 is 9.79 Å². The van der Waals surface area contributed by atoms with Crippen LogP contribution in [-0.2, 0) is 25.9 Å². The van der Waals surface area contributed by atoms with Crippen molar-refractivity contribution < 1.29 is 35.7 Å². The molecular formula is C20H44CoO4P2. The van der Waals surface area contributed by atoms with Crippen molar-refractivity contribution >= 4 is 16.1 Å². The summed E-state index contributed by atoms with van der Waals surface area (Å²) in [6.45, 7) is 4.43. The van der Waals surface area contributed by atoms with Gasteiger partial charge in [-0.25, -0.2) is 0 Å². The van der Waals surface area contributed by atoms with Crippen molar-refractivity contribution in [1.29, 1.82) is 0 Å². The molecule has 4 nitrogen and oxygen atoms in total. The quantitative estimate of drug-likeness (QED) is 0.184. The Hall–Kier alpha value is 0.886. The minimum Gasteiger partial charge on any atom is -0.802 e. The molecule has 0 saturated carbocycles. The Morgan fingerprint density at radius 1 is 0.481 bits per heavy atom. The second-order valence-electron chi connectivity index (χ2n) is 7.19. The molecule has 0 spiro atoms. The van der Waals surface area contributed by atoms with Crippen molar-refractivity contribution in [3.63, 3.8) is 0 Å². The molecule has 0 aromatic carbocycles. The van der Waals surface area contributed by atoms with Crippen LogP contribution in [-0.4, -0.2) is 12.3 Å². The van der Waals surface area contributed by atoms with Gasteiger partial charge in [0.1, 0.15) is 0 Å². The molecular weight excluding hydrogens is 425 g/mol. The summed E-state index contributed by atoms with van der Waals surface area (Å²) in [5, 5.41) is 0. The summed E-state index contributed by atoms with van der Waals surface area (Å²) >= 11 is 0. The topological polar surface area (TPSA) is 80.3 Å². The molecule has 0 bridgehead atoms. The van der Waals surface area contributed by atoms with Gasteiger partial charge < -0.3 is 18.9 Å². The van der Waals surface area contributed by atoms with Crippen LogP contribution in [0.4, 0.5) is 0 Å². The summed E-state index contributed by atoms with van der Waals surface area (Å²) in [5.41, 5.74) is 0. The molecule has 0 rings (SSSR count). The molecule has 2 atom stereocenters. The minimum absolute atomic E-state index is 0. The fraction of sp³-hybridized carbons (Fsp3) is 1.00. The van der Waals surface area contributed by atoms with E-state index in [0.717, 1.165) is 25.7 Å². The maximum Gasteiger partial charge on any atom is 2.00 e. The summed E-state index contributed by atoms with van der Waals surface area (Å²) < 4.78 is 20.5. The van der Waals surface area contributed by atoms with Crippen LogP contribution in [0.1, 0.15) is 117 Å². The zero-order chi connectivity index (χ0) is 19.9. The van der Waals surface area contributed by atoms with E-state index in [1.165, 1.54) is 77.0 Å². The van der Waals surface area contributed by atoms with Gasteiger partial charge in [-0.1, -0.05) is 104 Å². The molecule has 0 aliphatic carbocycles. The summed E-state index contributed by atoms with van der Waals surface area (Å²) in [5.74, 6) is 0. The first kappa shape index (κ1) is 32.5. The molecule has 167 valence electrons. The minimum atomic E-state index is -2.44. The van der Waals surface area contributed by atoms with Crippen molar-refractivity contribution in [2.75, 3.05) is 12.3 Å². The zero-order valence-electron chi connectivity index (χ0n) is 17.7. The Morgan fingerprint density at radius 3 is 0.926 bits per heavy atom. The van der Waals surface area contributed by atoms with E-state index in [9.17, 15) is 18.9 Å². The number of rotatable bonds is 18. The standard InChI is InChI=1S/2C10H23O2P.Co/c2*1-2-3-4-5-6-7-8-9-10-13(11)12;/h2*13H,2-10H2,1H3,(H,11,12);/q;;+2/p-2. The monoisotopic (exact) mass is 469 g/mol. The molecule has 2 unspecified atom stereocenters. The summed E-state index contributed by atoms with van der Waals surface area (Å²) in [4.78, 5) is 20.5. The molecule has 0 saturated heterocycles. The third kappa shape index (κ3) is 38.2. The van der Waals surface area contributed by atoms with E-state index in [-0.39, 0.29) is 16.8 Å². The molecule has 0 amide bonds. The predicted molar refractivity (Wildman–Crippen MR) is 113 cm³/mol. The van der Waals surface area contributed by atoms with Gasteiger partial charge in [-0.15, -0.1) is 0 Å². The van der Waals surface area contributed by atoms with Crippen molar-refractivity contribution in [2.24, 2.45) is 0 Å². The van der Waals surface area contributed by atoms with Gasteiger partial charge in [0.15, 0.2) is 0 Å². The van der Waals surface area contributed by atoms with E-state index in [1.807, 2.05) is 0 Å². The van der Waals surface area contributed by atoms with Gasteiger partial charge in [0, 0.05) is 16.1 Å². The smallest absolute Gasteiger partial charge is 0.802 e. The Morgan fingerprint density at radius 2 is 0.704 bits per heavy atom. The SMILES string of the molecule is CCCCCCCCCC[PH](=O)[O-].CCCCCCCCCC[PH](=O)[O-].[Co+2]. The van der Waals surface area contributed by atoms with Crippen LogP contribution in [0, 0.1) is 0 Å². The average molecular weight is 469 g/mol. The largest absolute Gasteiger partial charge is 2.00 e. The first-order valence-corrected chi connectivity index (χ1v) is 14.0. The van der Waals surface area contributed by atoms with Gasteiger partial charge in [0.25, 0.3) is 0 Å². The Kier molecular flexibility index (Phi) is 35.1. The molecule has 1 radical (unpaired) electrons. The summed E-state index contributed by atoms with van der Waals surface area (Å²) in [7, 11) is -4.87. The molecule has 0 aliphatic rings. The van der Waals surface area contributed by atoms with E-state index in [1.54, 1.807) is 0 Å². The summed E-state index contributed by atoms with van der Waals surface area (Å²) in [6.07, 6.45) is 20.3. The number of hydrogen-bond donors (Lipinski definition) is 0. The van der Waals surface area contributed by atoms with Crippen LogP contribution in [0.2, 0.25) is 0 Å². The Balaban J connectivity index is -0.000000411. The van der Waals surface area contributed by atoms with Gasteiger partial charge in [-0.2, -0.15) is 0 Å². The number of unbranched alkanes of at least 4 members (excludes halogenated alkanes) is 14. The van der Waals surface area contributed by atoms with Gasteiger partial charge in [0.2, 0.25) is 0 Å². The van der Waals surface area contributed by atoms with E-state index in [2.05, 4.69) is 13.8 Å². The third-order valence-corrected chi connectivity index (χ3v) is 5.99. The average Bonchev–Trinajstić information content (AvgIpc) is 2.60. The van der Waals surface area contributed by atoms with Gasteiger partial charge >= 0.3 is 16.8 Å². The molecule has 0 N–H and O–H groups in total. The van der Waals surface area contributed by atoms with E-state index in [4.69, 9.17) is 0 Å². The zero-order valence-corrected chi connectivity index (χ0v) is 20.7. The van der Waals surface area contributed by atoms with Crippen LogP contribution in [0.25, 0.3) is 0 Å².